The predicted molar refractivity (Wildman–Crippen MR) is 67.4 cm³/mol. The minimum absolute atomic E-state index is 0.0704. The van der Waals surface area contributed by atoms with Crippen molar-refractivity contribution in [1.29, 1.82) is 5.26 Å². The molecule has 0 spiro atoms. The Morgan fingerprint density at radius 1 is 1.56 bits per heavy atom. The molecule has 2 aromatic rings. The molecule has 94 valence electrons. The Labute approximate surface area is 111 Å². The van der Waals surface area contributed by atoms with E-state index < -0.39 is 0 Å². The highest BCUT2D eigenvalue weighted by atomic mass is 79.9. The number of ether oxygens (including phenoxy) is 1. The average Bonchev–Trinajstić information content (AvgIpc) is 2.64. The molecular formula is C10H10BrN5O2. The smallest absolute Gasteiger partial charge is 0.149 e. The predicted octanol–water partition coefficient (Wildman–Crippen LogP) is 0.614. The van der Waals surface area contributed by atoms with Gasteiger partial charge in [-0.3, -0.25) is 4.57 Å². The van der Waals surface area contributed by atoms with Gasteiger partial charge in [-0.05, 0) is 15.9 Å². The summed E-state index contributed by atoms with van der Waals surface area (Å²) in [5.41, 5.74) is 6.64. The number of aromatic nitrogens is 3. The van der Waals surface area contributed by atoms with Gasteiger partial charge in [0.25, 0.3) is 0 Å². The zero-order valence-corrected chi connectivity index (χ0v) is 10.9. The van der Waals surface area contributed by atoms with Gasteiger partial charge < -0.3 is 15.6 Å². The maximum atomic E-state index is 9.14. The standard InChI is InChI=1S/C10H10BrN5O2/c11-8-6(3-12)7-9(13)14-4-15-10(7)16(8)5-18-2-1-17/h4,17H,1-2,5H2,(H2,13,14,15). The molecule has 0 unspecified atom stereocenters. The largest absolute Gasteiger partial charge is 0.394 e. The summed E-state index contributed by atoms with van der Waals surface area (Å²) < 4.78 is 7.41. The van der Waals surface area contributed by atoms with Crippen LogP contribution in [0.2, 0.25) is 0 Å². The van der Waals surface area contributed by atoms with Crippen LogP contribution in [0.25, 0.3) is 11.0 Å². The van der Waals surface area contributed by atoms with Crippen molar-refractivity contribution in [2.75, 3.05) is 18.9 Å². The number of nitrogens with two attached hydrogens (primary N) is 1. The van der Waals surface area contributed by atoms with Crippen LogP contribution in [0.15, 0.2) is 10.9 Å². The Balaban J connectivity index is 2.56. The summed E-state index contributed by atoms with van der Waals surface area (Å²) >= 11 is 3.32. The number of hydrogen-bond acceptors (Lipinski definition) is 6. The van der Waals surface area contributed by atoms with Gasteiger partial charge in [-0.15, -0.1) is 0 Å². The third kappa shape index (κ3) is 2.03. The number of nitrogen functional groups attached to an aromatic ring is 1. The molecule has 0 saturated heterocycles. The lowest BCUT2D eigenvalue weighted by molar-refractivity contribution is 0.0491. The van der Waals surface area contributed by atoms with Gasteiger partial charge in [0.2, 0.25) is 0 Å². The van der Waals surface area contributed by atoms with Crippen LogP contribution in [0.5, 0.6) is 0 Å². The number of aliphatic hydroxyl groups is 1. The molecule has 2 heterocycles. The maximum absolute atomic E-state index is 9.14. The van der Waals surface area contributed by atoms with Crippen LogP contribution in [0.4, 0.5) is 5.82 Å². The molecule has 0 aliphatic rings. The molecule has 0 atom stereocenters. The van der Waals surface area contributed by atoms with E-state index in [2.05, 4.69) is 32.0 Å². The zero-order chi connectivity index (χ0) is 13.1. The lowest BCUT2D eigenvalue weighted by Gasteiger charge is -2.06. The minimum Gasteiger partial charge on any atom is -0.394 e. The molecular weight excluding hydrogens is 302 g/mol. The molecule has 18 heavy (non-hydrogen) atoms. The molecule has 0 fully saturated rings. The summed E-state index contributed by atoms with van der Waals surface area (Å²) in [6, 6.07) is 2.06. The van der Waals surface area contributed by atoms with Crippen LogP contribution >= 0.6 is 15.9 Å². The van der Waals surface area contributed by atoms with Crippen LogP contribution in [0.3, 0.4) is 0 Å². The number of hydrogen-bond donors (Lipinski definition) is 2. The van der Waals surface area contributed by atoms with Crippen molar-refractivity contribution in [1.82, 2.24) is 14.5 Å². The first-order valence-corrected chi connectivity index (χ1v) is 5.86. The van der Waals surface area contributed by atoms with Gasteiger partial charge in [-0.25, -0.2) is 9.97 Å². The Bertz CT molecular complexity index is 619. The van der Waals surface area contributed by atoms with E-state index in [1.807, 2.05) is 0 Å². The molecule has 3 N–H and O–H groups in total. The molecule has 0 aromatic carbocycles. The number of rotatable bonds is 4. The van der Waals surface area contributed by atoms with Crippen molar-refractivity contribution in [3.63, 3.8) is 0 Å². The van der Waals surface area contributed by atoms with Gasteiger partial charge in [-0.1, -0.05) is 0 Å². The number of anilines is 1. The number of nitrogens with zero attached hydrogens (tertiary/aromatic N) is 4. The molecule has 2 rings (SSSR count). The molecule has 2 aromatic heterocycles. The van der Waals surface area contributed by atoms with Gasteiger partial charge in [0.1, 0.15) is 35.2 Å². The van der Waals surface area contributed by atoms with Crippen LogP contribution in [-0.4, -0.2) is 32.9 Å². The molecule has 0 saturated carbocycles. The first-order valence-electron chi connectivity index (χ1n) is 5.07. The number of fused-ring (bicyclic) bond motifs is 1. The Hall–Kier alpha value is -1.69. The highest BCUT2D eigenvalue weighted by Crippen LogP contribution is 2.31. The fourth-order valence-electron chi connectivity index (χ4n) is 1.61. The van der Waals surface area contributed by atoms with E-state index in [1.165, 1.54) is 6.33 Å². The lowest BCUT2D eigenvalue weighted by atomic mass is 10.2. The van der Waals surface area contributed by atoms with E-state index in [4.69, 9.17) is 20.8 Å². The molecule has 0 amide bonds. The summed E-state index contributed by atoms with van der Waals surface area (Å²) in [6.45, 7) is 0.295. The normalized spacial score (nSPS) is 10.7. The van der Waals surface area contributed by atoms with Gasteiger partial charge in [0.05, 0.1) is 24.2 Å². The number of aliphatic hydroxyl groups excluding tert-OH is 1. The van der Waals surface area contributed by atoms with E-state index in [9.17, 15) is 0 Å². The second-order valence-electron chi connectivity index (χ2n) is 3.42. The molecule has 0 bridgehead atoms. The van der Waals surface area contributed by atoms with Crippen LogP contribution in [-0.2, 0) is 11.5 Å². The lowest BCUT2D eigenvalue weighted by Crippen LogP contribution is -2.07. The topological polar surface area (TPSA) is 110 Å². The van der Waals surface area contributed by atoms with E-state index in [0.29, 0.717) is 21.2 Å². The first kappa shape index (κ1) is 12.8. The highest BCUT2D eigenvalue weighted by Gasteiger charge is 2.18. The van der Waals surface area contributed by atoms with Crippen molar-refractivity contribution in [2.45, 2.75) is 6.73 Å². The van der Waals surface area contributed by atoms with Crippen molar-refractivity contribution in [2.24, 2.45) is 0 Å². The Morgan fingerprint density at radius 3 is 3.00 bits per heavy atom. The van der Waals surface area contributed by atoms with E-state index in [1.54, 1.807) is 4.57 Å². The van der Waals surface area contributed by atoms with E-state index in [0.717, 1.165) is 0 Å². The summed E-state index contributed by atoms with van der Waals surface area (Å²) in [5.74, 6) is 0.248. The third-order valence-electron chi connectivity index (χ3n) is 2.37. The third-order valence-corrected chi connectivity index (χ3v) is 3.20. The van der Waals surface area contributed by atoms with Gasteiger partial charge in [0, 0.05) is 0 Å². The van der Waals surface area contributed by atoms with Crippen molar-refractivity contribution < 1.29 is 9.84 Å². The van der Waals surface area contributed by atoms with Gasteiger partial charge in [-0.2, -0.15) is 5.26 Å². The van der Waals surface area contributed by atoms with Gasteiger partial charge >= 0.3 is 0 Å². The van der Waals surface area contributed by atoms with E-state index in [-0.39, 0.29) is 25.8 Å². The maximum Gasteiger partial charge on any atom is 0.149 e. The number of halogens is 1. The zero-order valence-electron chi connectivity index (χ0n) is 9.30. The second-order valence-corrected chi connectivity index (χ2v) is 4.18. The molecule has 0 aliphatic carbocycles. The summed E-state index contributed by atoms with van der Waals surface area (Å²) in [6.07, 6.45) is 1.33. The summed E-state index contributed by atoms with van der Waals surface area (Å²) in [7, 11) is 0. The summed E-state index contributed by atoms with van der Waals surface area (Å²) in [5, 5.41) is 18.3. The molecule has 7 nitrogen and oxygen atoms in total. The molecule has 8 heteroatoms. The van der Waals surface area contributed by atoms with Crippen LogP contribution < -0.4 is 5.73 Å². The second kappa shape index (κ2) is 5.30. The van der Waals surface area contributed by atoms with Crippen molar-refractivity contribution in [3.05, 3.63) is 16.5 Å². The quantitative estimate of drug-likeness (QED) is 0.801. The van der Waals surface area contributed by atoms with Gasteiger partial charge in [0.15, 0.2) is 0 Å². The van der Waals surface area contributed by atoms with Crippen molar-refractivity contribution in [3.8, 4) is 6.07 Å². The fourth-order valence-corrected chi connectivity index (χ4v) is 2.16. The summed E-state index contributed by atoms with van der Waals surface area (Å²) in [4.78, 5) is 7.97. The van der Waals surface area contributed by atoms with E-state index >= 15 is 0 Å². The highest BCUT2D eigenvalue weighted by molar-refractivity contribution is 9.10. The molecule has 0 aliphatic heterocycles. The minimum atomic E-state index is -0.0704. The average molecular weight is 312 g/mol. The number of nitriles is 1. The van der Waals surface area contributed by atoms with Crippen molar-refractivity contribution >= 4 is 32.8 Å². The SMILES string of the molecule is N#Cc1c(Br)n(COCCO)c2ncnc(N)c12. The van der Waals surface area contributed by atoms with Crippen LogP contribution in [0, 0.1) is 11.3 Å². The monoisotopic (exact) mass is 311 g/mol. The molecule has 0 radical (unpaired) electrons. The Kier molecular flexibility index (Phi) is 3.76. The Morgan fingerprint density at radius 2 is 2.33 bits per heavy atom. The fraction of sp³-hybridized carbons (Fsp3) is 0.300. The first-order chi connectivity index (χ1) is 8.70. The van der Waals surface area contributed by atoms with Crippen LogP contribution in [0.1, 0.15) is 5.56 Å².